The third kappa shape index (κ3) is 7.22. The number of carboxylic acids is 1. The number of carbonyl (C=O) groups is 3. The molecule has 0 aromatic rings. The summed E-state index contributed by atoms with van der Waals surface area (Å²) in [6.45, 7) is 1.89. The average molecular weight is 255 g/mol. The number of carboxylic acid groups (broad SMARTS) is 1. The Kier molecular flexibility index (Phi) is 7.12. The number of rotatable bonds is 6. The van der Waals surface area contributed by atoms with E-state index in [1.165, 1.54) is 11.9 Å². The number of urea groups is 1. The highest BCUT2D eigenvalue weighted by Crippen LogP contribution is 1.98. The summed E-state index contributed by atoms with van der Waals surface area (Å²) in [7, 11) is 1.48. The Bertz CT molecular complexity index is 362. The van der Waals surface area contributed by atoms with Gasteiger partial charge in [-0.3, -0.25) is 14.9 Å². The number of carbonyl (C=O) groups excluding carboxylic acids is 2. The fourth-order valence-corrected chi connectivity index (χ4v) is 1.21. The van der Waals surface area contributed by atoms with Gasteiger partial charge in [-0.25, -0.2) is 4.79 Å². The monoisotopic (exact) mass is 255 g/mol. The maximum Gasteiger partial charge on any atom is 0.323 e. The number of amides is 3. The lowest BCUT2D eigenvalue weighted by Gasteiger charge is -2.18. The summed E-state index contributed by atoms with van der Waals surface area (Å²) >= 11 is 0. The predicted molar refractivity (Wildman–Crippen MR) is 62.4 cm³/mol. The van der Waals surface area contributed by atoms with Crippen molar-refractivity contribution in [2.24, 2.45) is 5.92 Å². The van der Waals surface area contributed by atoms with E-state index in [4.69, 9.17) is 10.4 Å². The molecule has 3 amide bonds. The smallest absolute Gasteiger partial charge is 0.323 e. The summed E-state index contributed by atoms with van der Waals surface area (Å²) in [6, 6.07) is 1.39. The maximum absolute atomic E-state index is 11.5. The van der Waals surface area contributed by atoms with Crippen LogP contribution in [0.4, 0.5) is 4.79 Å². The van der Waals surface area contributed by atoms with Crippen molar-refractivity contribution in [1.29, 1.82) is 5.26 Å². The molecular weight excluding hydrogens is 238 g/mol. The lowest BCUT2D eigenvalue weighted by molar-refractivity contribution is -0.137. The third-order valence-corrected chi connectivity index (χ3v) is 2.16. The molecule has 1 unspecified atom stereocenters. The molecule has 0 aliphatic rings. The number of nitriles is 1. The third-order valence-electron chi connectivity index (χ3n) is 2.16. The zero-order valence-corrected chi connectivity index (χ0v) is 10.5. The van der Waals surface area contributed by atoms with Crippen LogP contribution in [0.5, 0.6) is 0 Å². The van der Waals surface area contributed by atoms with Crippen molar-refractivity contribution in [3.05, 3.63) is 0 Å². The van der Waals surface area contributed by atoms with E-state index in [9.17, 15) is 14.4 Å². The van der Waals surface area contributed by atoms with Gasteiger partial charge in [-0.05, 0) is 13.3 Å². The van der Waals surface area contributed by atoms with Crippen molar-refractivity contribution in [2.75, 3.05) is 13.6 Å². The topological polar surface area (TPSA) is 111 Å². The van der Waals surface area contributed by atoms with Gasteiger partial charge in [0.1, 0.15) is 0 Å². The molecule has 1 atom stereocenters. The predicted octanol–water partition coefficient (Wildman–Crippen LogP) is 0.569. The largest absolute Gasteiger partial charge is 0.481 e. The molecule has 2 N–H and O–H groups in total. The molecule has 0 saturated heterocycles. The highest BCUT2D eigenvalue weighted by atomic mass is 16.4. The molecule has 0 radical (unpaired) electrons. The molecule has 0 saturated carbocycles. The molecule has 0 rings (SSSR count). The van der Waals surface area contributed by atoms with Gasteiger partial charge in [0.05, 0.1) is 12.0 Å². The van der Waals surface area contributed by atoms with Crippen molar-refractivity contribution < 1.29 is 19.5 Å². The number of nitrogens with zero attached hydrogens (tertiary/aromatic N) is 2. The molecule has 18 heavy (non-hydrogen) atoms. The average Bonchev–Trinajstić information content (AvgIpc) is 2.27. The first kappa shape index (κ1) is 15.9. The van der Waals surface area contributed by atoms with Crippen LogP contribution in [-0.2, 0) is 9.59 Å². The van der Waals surface area contributed by atoms with Gasteiger partial charge in [0.25, 0.3) is 0 Å². The highest BCUT2D eigenvalue weighted by molar-refractivity contribution is 5.94. The van der Waals surface area contributed by atoms with Crippen LogP contribution in [0.2, 0.25) is 0 Å². The van der Waals surface area contributed by atoms with Gasteiger partial charge >= 0.3 is 12.0 Å². The molecule has 0 aliphatic heterocycles. The fraction of sp³-hybridized carbons (Fsp3) is 0.636. The Morgan fingerprint density at radius 2 is 2.00 bits per heavy atom. The Morgan fingerprint density at radius 1 is 1.39 bits per heavy atom. The van der Waals surface area contributed by atoms with Crippen LogP contribution < -0.4 is 5.32 Å². The molecule has 0 heterocycles. The first-order valence-corrected chi connectivity index (χ1v) is 5.53. The summed E-state index contributed by atoms with van der Waals surface area (Å²) in [6.07, 6.45) is 0.0648. The summed E-state index contributed by atoms with van der Waals surface area (Å²) in [4.78, 5) is 34.2. The number of hydrogen-bond acceptors (Lipinski definition) is 4. The van der Waals surface area contributed by atoms with Crippen LogP contribution in [0.3, 0.4) is 0 Å². The normalized spacial score (nSPS) is 11.2. The van der Waals surface area contributed by atoms with Gasteiger partial charge in [0, 0.05) is 26.4 Å². The van der Waals surface area contributed by atoms with Gasteiger partial charge in [-0.15, -0.1) is 0 Å². The second-order valence-corrected chi connectivity index (χ2v) is 4.01. The molecule has 100 valence electrons. The van der Waals surface area contributed by atoms with Gasteiger partial charge in [-0.1, -0.05) is 0 Å². The zero-order chi connectivity index (χ0) is 14.1. The number of aliphatic carboxylic acids is 1. The van der Waals surface area contributed by atoms with E-state index in [-0.39, 0.29) is 31.7 Å². The molecule has 0 aromatic carbocycles. The molecule has 0 spiro atoms. The number of imide groups is 1. The summed E-state index contributed by atoms with van der Waals surface area (Å²) in [5, 5.41) is 19.1. The van der Waals surface area contributed by atoms with Crippen LogP contribution in [0, 0.1) is 17.2 Å². The Labute approximate surface area is 105 Å². The molecule has 0 aromatic heterocycles. The maximum atomic E-state index is 11.5. The molecule has 0 fully saturated rings. The number of hydrogen-bond donors (Lipinski definition) is 2. The minimum atomic E-state index is -0.978. The van der Waals surface area contributed by atoms with Crippen molar-refractivity contribution in [2.45, 2.75) is 26.2 Å². The second kappa shape index (κ2) is 8.06. The highest BCUT2D eigenvalue weighted by Gasteiger charge is 2.14. The number of nitrogens with one attached hydrogen (secondary N) is 1. The van der Waals surface area contributed by atoms with E-state index in [2.05, 4.69) is 5.32 Å². The Balaban J connectivity index is 3.96. The zero-order valence-electron chi connectivity index (χ0n) is 10.5. The SMILES string of the molecule is CC(C#N)CN(C)C(=O)NC(=O)CCCC(=O)O. The quantitative estimate of drug-likeness (QED) is 0.720. The Hall–Kier alpha value is -2.10. The first-order chi connectivity index (χ1) is 8.36. The van der Waals surface area contributed by atoms with Crippen molar-refractivity contribution >= 4 is 17.9 Å². The summed E-state index contributed by atoms with van der Waals surface area (Å²) in [5.74, 6) is -1.81. The van der Waals surface area contributed by atoms with Crippen LogP contribution >= 0.6 is 0 Å². The van der Waals surface area contributed by atoms with Crippen molar-refractivity contribution in [1.82, 2.24) is 10.2 Å². The van der Waals surface area contributed by atoms with Crippen LogP contribution in [-0.4, -0.2) is 41.5 Å². The van der Waals surface area contributed by atoms with Crippen LogP contribution in [0.25, 0.3) is 0 Å². The molecular formula is C11H17N3O4. The minimum Gasteiger partial charge on any atom is -0.481 e. The summed E-state index contributed by atoms with van der Waals surface area (Å²) in [5.41, 5.74) is 0. The first-order valence-electron chi connectivity index (χ1n) is 5.53. The summed E-state index contributed by atoms with van der Waals surface area (Å²) < 4.78 is 0. The van der Waals surface area contributed by atoms with Crippen molar-refractivity contribution in [3.63, 3.8) is 0 Å². The van der Waals surface area contributed by atoms with Gasteiger partial charge in [0.2, 0.25) is 5.91 Å². The lowest BCUT2D eigenvalue weighted by atomic mass is 10.2. The standard InChI is InChI=1S/C11H17N3O4/c1-8(6-12)7-14(2)11(18)13-9(15)4-3-5-10(16)17/h8H,3-5,7H2,1-2H3,(H,16,17)(H,13,15,18). The van der Waals surface area contributed by atoms with E-state index < -0.39 is 17.9 Å². The van der Waals surface area contributed by atoms with E-state index in [0.717, 1.165) is 0 Å². The van der Waals surface area contributed by atoms with Gasteiger partial charge < -0.3 is 10.0 Å². The van der Waals surface area contributed by atoms with E-state index in [0.29, 0.717) is 0 Å². The fourth-order valence-electron chi connectivity index (χ4n) is 1.21. The second-order valence-electron chi connectivity index (χ2n) is 4.01. The molecule has 7 heteroatoms. The van der Waals surface area contributed by atoms with Crippen molar-refractivity contribution in [3.8, 4) is 6.07 Å². The van der Waals surface area contributed by atoms with E-state index in [1.54, 1.807) is 6.92 Å². The molecule has 0 bridgehead atoms. The Morgan fingerprint density at radius 3 is 2.50 bits per heavy atom. The van der Waals surface area contributed by atoms with E-state index >= 15 is 0 Å². The molecule has 0 aliphatic carbocycles. The van der Waals surface area contributed by atoms with Gasteiger partial charge in [0.15, 0.2) is 0 Å². The lowest BCUT2D eigenvalue weighted by Crippen LogP contribution is -2.42. The van der Waals surface area contributed by atoms with E-state index in [1.807, 2.05) is 6.07 Å². The van der Waals surface area contributed by atoms with Gasteiger partial charge in [-0.2, -0.15) is 5.26 Å². The van der Waals surface area contributed by atoms with Crippen LogP contribution in [0.15, 0.2) is 0 Å². The minimum absolute atomic E-state index is 0.0142. The molecule has 7 nitrogen and oxygen atoms in total. The van der Waals surface area contributed by atoms with Crippen LogP contribution in [0.1, 0.15) is 26.2 Å².